The molecule has 4 heteroatoms. The van der Waals surface area contributed by atoms with Crippen molar-refractivity contribution < 1.29 is 4.74 Å². The van der Waals surface area contributed by atoms with Gasteiger partial charge in [0.25, 0.3) is 0 Å². The number of benzene rings is 2. The van der Waals surface area contributed by atoms with Crippen LogP contribution in [-0.2, 0) is 0 Å². The van der Waals surface area contributed by atoms with Gasteiger partial charge >= 0.3 is 0 Å². The molecule has 0 bridgehead atoms. The van der Waals surface area contributed by atoms with E-state index < -0.39 is 0 Å². The Morgan fingerprint density at radius 3 is 2.55 bits per heavy atom. The molecule has 0 aliphatic carbocycles. The molecule has 0 saturated carbocycles. The number of fused-ring (bicyclic) bond motifs is 1. The Balaban J connectivity index is 2.00. The molecule has 3 aromatic rings. The van der Waals surface area contributed by atoms with Crippen molar-refractivity contribution in [3.63, 3.8) is 0 Å². The molecule has 0 amide bonds. The largest absolute Gasteiger partial charge is 0.491 e. The third kappa shape index (κ3) is 2.56. The average molecular weight is 331 g/mol. The zero-order chi connectivity index (χ0) is 14.1. The van der Waals surface area contributed by atoms with Gasteiger partial charge in [0, 0.05) is 10.2 Å². The van der Waals surface area contributed by atoms with E-state index in [-0.39, 0.29) is 6.10 Å². The van der Waals surface area contributed by atoms with Crippen molar-refractivity contribution in [3.8, 4) is 11.4 Å². The van der Waals surface area contributed by atoms with Gasteiger partial charge in [-0.1, -0.05) is 15.9 Å². The minimum atomic E-state index is 0.186. The second-order valence-electron chi connectivity index (χ2n) is 4.91. The summed E-state index contributed by atoms with van der Waals surface area (Å²) in [5, 5.41) is 0. The first-order valence-electron chi connectivity index (χ1n) is 6.53. The maximum atomic E-state index is 5.66. The Hall–Kier alpha value is -1.81. The molecule has 0 aliphatic heterocycles. The van der Waals surface area contributed by atoms with Gasteiger partial charge in [-0.2, -0.15) is 0 Å². The summed E-state index contributed by atoms with van der Waals surface area (Å²) in [5.74, 6) is 0.884. The van der Waals surface area contributed by atoms with Crippen molar-refractivity contribution >= 4 is 27.0 Å². The standard InChI is InChI=1S/C16H15BrN2O/c1-11(2)20-14-6-4-13(5-7-14)19-10-18-15-8-3-12(17)9-16(15)19/h3-11H,1-2H3. The van der Waals surface area contributed by atoms with Crippen LogP contribution in [0.1, 0.15) is 13.8 Å². The van der Waals surface area contributed by atoms with Crippen molar-refractivity contribution in [2.45, 2.75) is 20.0 Å². The highest BCUT2D eigenvalue weighted by atomic mass is 79.9. The minimum absolute atomic E-state index is 0.186. The minimum Gasteiger partial charge on any atom is -0.491 e. The quantitative estimate of drug-likeness (QED) is 0.703. The molecular formula is C16H15BrN2O. The van der Waals surface area contributed by atoms with Crippen LogP contribution < -0.4 is 4.74 Å². The van der Waals surface area contributed by atoms with Gasteiger partial charge in [0.2, 0.25) is 0 Å². The summed E-state index contributed by atoms with van der Waals surface area (Å²) in [4.78, 5) is 4.42. The van der Waals surface area contributed by atoms with Gasteiger partial charge in [-0.05, 0) is 56.3 Å². The highest BCUT2D eigenvalue weighted by molar-refractivity contribution is 9.10. The molecule has 0 aliphatic rings. The number of hydrogen-bond acceptors (Lipinski definition) is 2. The van der Waals surface area contributed by atoms with E-state index in [2.05, 4.69) is 31.5 Å². The summed E-state index contributed by atoms with van der Waals surface area (Å²) < 4.78 is 8.78. The lowest BCUT2D eigenvalue weighted by Crippen LogP contribution is -2.05. The van der Waals surface area contributed by atoms with Crippen LogP contribution in [0.2, 0.25) is 0 Å². The molecule has 3 rings (SSSR count). The number of ether oxygens (including phenoxy) is 1. The van der Waals surface area contributed by atoms with Crippen LogP contribution in [0.4, 0.5) is 0 Å². The third-order valence-electron chi connectivity index (χ3n) is 3.00. The fraction of sp³-hybridized carbons (Fsp3) is 0.188. The lowest BCUT2D eigenvalue weighted by atomic mass is 10.2. The topological polar surface area (TPSA) is 27.1 Å². The molecule has 0 N–H and O–H groups in total. The van der Waals surface area contributed by atoms with Gasteiger partial charge < -0.3 is 4.74 Å². The van der Waals surface area contributed by atoms with Gasteiger partial charge in [-0.25, -0.2) is 4.98 Å². The summed E-state index contributed by atoms with van der Waals surface area (Å²) in [7, 11) is 0. The molecule has 1 aromatic heterocycles. The molecule has 1 heterocycles. The predicted octanol–water partition coefficient (Wildman–Crippen LogP) is 4.58. The molecular weight excluding hydrogens is 316 g/mol. The molecule has 3 nitrogen and oxygen atoms in total. The van der Waals surface area contributed by atoms with Crippen LogP contribution in [0.3, 0.4) is 0 Å². The predicted molar refractivity (Wildman–Crippen MR) is 84.5 cm³/mol. The van der Waals surface area contributed by atoms with Crippen LogP contribution in [0.25, 0.3) is 16.7 Å². The zero-order valence-corrected chi connectivity index (χ0v) is 13.0. The Bertz CT molecular complexity index is 732. The Morgan fingerprint density at radius 1 is 1.10 bits per heavy atom. The molecule has 0 unspecified atom stereocenters. The first-order chi connectivity index (χ1) is 9.63. The summed E-state index contributed by atoms with van der Waals surface area (Å²) >= 11 is 3.50. The average Bonchev–Trinajstić information content (AvgIpc) is 2.82. The SMILES string of the molecule is CC(C)Oc1ccc(-n2cnc3ccc(Br)cc32)cc1. The van der Waals surface area contributed by atoms with Crippen LogP contribution in [-0.4, -0.2) is 15.7 Å². The monoisotopic (exact) mass is 330 g/mol. The second kappa shape index (κ2) is 5.29. The van der Waals surface area contributed by atoms with Gasteiger partial charge in [0.1, 0.15) is 12.1 Å². The van der Waals surface area contributed by atoms with E-state index in [0.717, 1.165) is 26.9 Å². The highest BCUT2D eigenvalue weighted by Gasteiger charge is 2.05. The number of imidazole rings is 1. The summed E-state index contributed by atoms with van der Waals surface area (Å²) in [6.07, 6.45) is 2.03. The molecule has 102 valence electrons. The number of rotatable bonds is 3. The Kier molecular flexibility index (Phi) is 3.49. The van der Waals surface area contributed by atoms with Gasteiger partial charge in [-0.15, -0.1) is 0 Å². The molecule has 20 heavy (non-hydrogen) atoms. The van der Waals surface area contributed by atoms with Crippen LogP contribution in [0.5, 0.6) is 5.75 Å². The summed E-state index contributed by atoms with van der Waals surface area (Å²) in [5.41, 5.74) is 3.13. The second-order valence-corrected chi connectivity index (χ2v) is 5.82. The van der Waals surface area contributed by atoms with Crippen molar-refractivity contribution in [1.29, 1.82) is 0 Å². The number of aromatic nitrogens is 2. The normalized spacial score (nSPS) is 11.2. The van der Waals surface area contributed by atoms with Crippen molar-refractivity contribution in [2.24, 2.45) is 0 Å². The first kappa shape index (κ1) is 13.2. The van der Waals surface area contributed by atoms with Crippen LogP contribution >= 0.6 is 15.9 Å². The number of hydrogen-bond donors (Lipinski definition) is 0. The molecule has 0 saturated heterocycles. The third-order valence-corrected chi connectivity index (χ3v) is 3.49. The van der Waals surface area contributed by atoms with Gasteiger partial charge in [-0.3, -0.25) is 4.57 Å². The fourth-order valence-corrected chi connectivity index (χ4v) is 2.49. The maximum absolute atomic E-state index is 5.66. The van der Waals surface area contributed by atoms with Crippen molar-refractivity contribution in [2.75, 3.05) is 0 Å². The molecule has 0 fully saturated rings. The fourth-order valence-electron chi connectivity index (χ4n) is 2.14. The van der Waals surface area contributed by atoms with E-state index in [1.165, 1.54) is 0 Å². The van der Waals surface area contributed by atoms with E-state index in [9.17, 15) is 0 Å². The van der Waals surface area contributed by atoms with Crippen LogP contribution in [0, 0.1) is 0 Å². The van der Waals surface area contributed by atoms with Gasteiger partial charge in [0.05, 0.1) is 17.1 Å². The maximum Gasteiger partial charge on any atom is 0.119 e. The Morgan fingerprint density at radius 2 is 1.85 bits per heavy atom. The van der Waals surface area contributed by atoms with Crippen LogP contribution in [0.15, 0.2) is 53.3 Å². The molecule has 0 atom stereocenters. The molecule has 0 radical (unpaired) electrons. The number of nitrogens with zero attached hydrogens (tertiary/aromatic N) is 2. The first-order valence-corrected chi connectivity index (χ1v) is 7.32. The van der Waals surface area contributed by atoms with E-state index in [4.69, 9.17) is 4.74 Å². The lowest BCUT2D eigenvalue weighted by molar-refractivity contribution is 0.242. The Labute approximate surface area is 126 Å². The molecule has 0 spiro atoms. The van der Waals surface area contributed by atoms with E-state index in [0.29, 0.717) is 0 Å². The van der Waals surface area contributed by atoms with E-state index >= 15 is 0 Å². The summed E-state index contributed by atoms with van der Waals surface area (Å²) in [6, 6.07) is 14.1. The van der Waals surface area contributed by atoms with E-state index in [1.54, 1.807) is 0 Å². The van der Waals surface area contributed by atoms with Crippen molar-refractivity contribution in [1.82, 2.24) is 9.55 Å². The van der Waals surface area contributed by atoms with Gasteiger partial charge in [0.15, 0.2) is 0 Å². The van der Waals surface area contributed by atoms with Crippen molar-refractivity contribution in [3.05, 3.63) is 53.3 Å². The molecule has 2 aromatic carbocycles. The van der Waals surface area contributed by atoms with E-state index in [1.807, 2.05) is 56.6 Å². The highest BCUT2D eigenvalue weighted by Crippen LogP contribution is 2.23. The number of halogens is 1. The smallest absolute Gasteiger partial charge is 0.119 e. The zero-order valence-electron chi connectivity index (χ0n) is 11.4. The lowest BCUT2D eigenvalue weighted by Gasteiger charge is -2.10. The summed E-state index contributed by atoms with van der Waals surface area (Å²) in [6.45, 7) is 4.05.